The molecular weight excluding hydrogens is 272 g/mol. The molecule has 6 nitrogen and oxygen atoms in total. The van der Waals surface area contributed by atoms with Crippen molar-refractivity contribution in [3.8, 4) is 5.75 Å². The maximum atomic E-state index is 11.4. The SMILES string of the molecule is Cc1cc(C(=O)O)ccc1OC1CS(=O)(=O)CC1O. The van der Waals surface area contributed by atoms with Crippen LogP contribution in [0.2, 0.25) is 0 Å². The second-order valence-corrected chi connectivity index (χ2v) is 6.74. The van der Waals surface area contributed by atoms with Crippen molar-refractivity contribution < 1.29 is 28.2 Å². The Morgan fingerprint density at radius 1 is 1.37 bits per heavy atom. The molecule has 1 aliphatic heterocycles. The summed E-state index contributed by atoms with van der Waals surface area (Å²) in [6, 6.07) is 4.28. The minimum atomic E-state index is -3.27. The summed E-state index contributed by atoms with van der Waals surface area (Å²) in [7, 11) is -3.27. The lowest BCUT2D eigenvalue weighted by Gasteiger charge is -2.17. The molecule has 1 aromatic rings. The van der Waals surface area contributed by atoms with Crippen molar-refractivity contribution in [1.82, 2.24) is 0 Å². The Balaban J connectivity index is 2.18. The average Bonchev–Trinajstić information content (AvgIpc) is 2.54. The Morgan fingerprint density at radius 2 is 2.05 bits per heavy atom. The zero-order valence-electron chi connectivity index (χ0n) is 10.2. The number of aliphatic hydroxyl groups excluding tert-OH is 1. The number of rotatable bonds is 3. The number of carboxylic acids is 1. The highest BCUT2D eigenvalue weighted by molar-refractivity contribution is 7.91. The highest BCUT2D eigenvalue weighted by Gasteiger charge is 2.38. The fourth-order valence-electron chi connectivity index (χ4n) is 1.99. The van der Waals surface area contributed by atoms with Gasteiger partial charge in [-0.2, -0.15) is 0 Å². The Hall–Kier alpha value is -1.60. The molecular formula is C12H14O6S. The van der Waals surface area contributed by atoms with Gasteiger partial charge >= 0.3 is 5.97 Å². The van der Waals surface area contributed by atoms with Crippen LogP contribution in [0.4, 0.5) is 0 Å². The van der Waals surface area contributed by atoms with Gasteiger partial charge in [-0.05, 0) is 30.7 Å². The first-order chi connectivity index (χ1) is 8.78. The number of aryl methyl sites for hydroxylation is 1. The Morgan fingerprint density at radius 3 is 2.53 bits per heavy atom. The van der Waals surface area contributed by atoms with Gasteiger partial charge < -0.3 is 14.9 Å². The van der Waals surface area contributed by atoms with Gasteiger partial charge in [0, 0.05) is 0 Å². The van der Waals surface area contributed by atoms with Gasteiger partial charge in [0.1, 0.15) is 18.0 Å². The maximum Gasteiger partial charge on any atom is 0.335 e. The van der Waals surface area contributed by atoms with Crippen molar-refractivity contribution >= 4 is 15.8 Å². The van der Waals surface area contributed by atoms with Crippen LogP contribution < -0.4 is 4.74 Å². The summed E-state index contributed by atoms with van der Waals surface area (Å²) < 4.78 is 28.2. The standard InChI is InChI=1S/C12H14O6S/c1-7-4-8(12(14)15)2-3-10(7)18-11-6-19(16,17)5-9(11)13/h2-4,9,11,13H,5-6H2,1H3,(H,14,15). The first kappa shape index (κ1) is 13.8. The van der Waals surface area contributed by atoms with Crippen LogP contribution in [-0.2, 0) is 9.84 Å². The molecule has 1 saturated heterocycles. The van der Waals surface area contributed by atoms with Gasteiger partial charge in [-0.3, -0.25) is 0 Å². The number of carboxylic acid groups (broad SMARTS) is 1. The van der Waals surface area contributed by atoms with Gasteiger partial charge in [0.25, 0.3) is 0 Å². The first-order valence-electron chi connectivity index (χ1n) is 5.67. The minimum Gasteiger partial charge on any atom is -0.486 e. The van der Waals surface area contributed by atoms with Crippen molar-refractivity contribution in [1.29, 1.82) is 0 Å². The number of carbonyl (C=O) groups is 1. The van der Waals surface area contributed by atoms with E-state index in [-0.39, 0.29) is 17.1 Å². The van der Waals surface area contributed by atoms with Crippen molar-refractivity contribution in [3.05, 3.63) is 29.3 Å². The van der Waals surface area contributed by atoms with E-state index in [1.807, 2.05) is 0 Å². The Labute approximate surface area is 110 Å². The molecule has 7 heteroatoms. The van der Waals surface area contributed by atoms with Gasteiger partial charge in [-0.15, -0.1) is 0 Å². The van der Waals surface area contributed by atoms with Crippen molar-refractivity contribution in [3.63, 3.8) is 0 Å². The molecule has 0 aliphatic carbocycles. The van der Waals surface area contributed by atoms with Gasteiger partial charge in [0.05, 0.1) is 17.1 Å². The summed E-state index contributed by atoms with van der Waals surface area (Å²) in [6.45, 7) is 1.66. The summed E-state index contributed by atoms with van der Waals surface area (Å²) in [5.41, 5.74) is 0.709. The minimum absolute atomic E-state index is 0.129. The molecule has 19 heavy (non-hydrogen) atoms. The van der Waals surface area contributed by atoms with Crippen molar-refractivity contribution in [2.24, 2.45) is 0 Å². The fraction of sp³-hybridized carbons (Fsp3) is 0.417. The molecule has 0 aromatic heterocycles. The topological polar surface area (TPSA) is 101 Å². The van der Waals surface area contributed by atoms with Crippen LogP contribution in [0.3, 0.4) is 0 Å². The summed E-state index contributed by atoms with van der Waals surface area (Å²) in [6.07, 6.45) is -1.86. The van der Waals surface area contributed by atoms with E-state index in [0.29, 0.717) is 11.3 Å². The lowest BCUT2D eigenvalue weighted by molar-refractivity contribution is 0.0692. The van der Waals surface area contributed by atoms with Gasteiger partial charge in [0.2, 0.25) is 0 Å². The molecule has 0 bridgehead atoms. The maximum absolute atomic E-state index is 11.4. The van der Waals surface area contributed by atoms with E-state index in [1.165, 1.54) is 18.2 Å². The number of sulfone groups is 1. The molecule has 0 amide bonds. The van der Waals surface area contributed by atoms with E-state index < -0.39 is 28.0 Å². The third kappa shape index (κ3) is 3.05. The van der Waals surface area contributed by atoms with Gasteiger partial charge in [-0.1, -0.05) is 0 Å². The predicted molar refractivity (Wildman–Crippen MR) is 67.2 cm³/mol. The van der Waals surface area contributed by atoms with Crippen LogP contribution in [0, 0.1) is 6.92 Å². The molecule has 1 aliphatic rings. The zero-order chi connectivity index (χ0) is 14.2. The molecule has 2 unspecified atom stereocenters. The largest absolute Gasteiger partial charge is 0.486 e. The van der Waals surface area contributed by atoms with Crippen molar-refractivity contribution in [2.75, 3.05) is 11.5 Å². The fourth-order valence-corrected chi connectivity index (χ4v) is 3.65. The van der Waals surface area contributed by atoms with E-state index in [1.54, 1.807) is 6.92 Å². The van der Waals surface area contributed by atoms with E-state index >= 15 is 0 Å². The zero-order valence-corrected chi connectivity index (χ0v) is 11.1. The van der Waals surface area contributed by atoms with Crippen LogP contribution in [0.1, 0.15) is 15.9 Å². The third-order valence-electron chi connectivity index (χ3n) is 2.97. The van der Waals surface area contributed by atoms with Crippen LogP contribution >= 0.6 is 0 Å². The normalized spacial score (nSPS) is 25.2. The lowest BCUT2D eigenvalue weighted by atomic mass is 10.1. The second kappa shape index (κ2) is 4.82. The van der Waals surface area contributed by atoms with E-state index in [4.69, 9.17) is 9.84 Å². The number of aromatic carboxylic acids is 1. The molecule has 0 spiro atoms. The smallest absolute Gasteiger partial charge is 0.335 e. The molecule has 0 saturated carbocycles. The molecule has 104 valence electrons. The van der Waals surface area contributed by atoms with E-state index in [9.17, 15) is 18.3 Å². The highest BCUT2D eigenvalue weighted by atomic mass is 32.2. The quantitative estimate of drug-likeness (QED) is 0.825. The van der Waals surface area contributed by atoms with Gasteiger partial charge in [-0.25, -0.2) is 13.2 Å². The Kier molecular flexibility index (Phi) is 3.51. The number of aliphatic hydroxyl groups is 1. The molecule has 2 N–H and O–H groups in total. The molecule has 2 atom stereocenters. The van der Waals surface area contributed by atoms with E-state index in [2.05, 4.69) is 0 Å². The molecule has 1 heterocycles. The van der Waals surface area contributed by atoms with E-state index in [0.717, 1.165) is 0 Å². The van der Waals surface area contributed by atoms with Gasteiger partial charge in [0.15, 0.2) is 9.84 Å². The molecule has 1 fully saturated rings. The average molecular weight is 286 g/mol. The number of benzene rings is 1. The highest BCUT2D eigenvalue weighted by Crippen LogP contribution is 2.24. The lowest BCUT2D eigenvalue weighted by Crippen LogP contribution is -2.30. The predicted octanol–water partition coefficient (Wildman–Crippen LogP) is 0.230. The number of ether oxygens (including phenoxy) is 1. The summed E-state index contributed by atoms with van der Waals surface area (Å²) in [5.74, 6) is -1.19. The summed E-state index contributed by atoms with van der Waals surface area (Å²) in [4.78, 5) is 10.8. The first-order valence-corrected chi connectivity index (χ1v) is 7.50. The number of hydrogen-bond donors (Lipinski definition) is 2. The molecule has 2 rings (SSSR count). The van der Waals surface area contributed by atoms with Crippen LogP contribution in [0.15, 0.2) is 18.2 Å². The monoisotopic (exact) mass is 286 g/mol. The van der Waals surface area contributed by atoms with Crippen LogP contribution in [-0.4, -0.2) is 48.3 Å². The second-order valence-electron chi connectivity index (χ2n) is 4.59. The summed E-state index contributed by atoms with van der Waals surface area (Å²) >= 11 is 0. The Bertz CT molecular complexity index is 607. The summed E-state index contributed by atoms with van der Waals surface area (Å²) in [5, 5.41) is 18.5. The third-order valence-corrected chi connectivity index (χ3v) is 4.66. The van der Waals surface area contributed by atoms with Crippen molar-refractivity contribution in [2.45, 2.75) is 19.1 Å². The number of hydrogen-bond acceptors (Lipinski definition) is 5. The van der Waals surface area contributed by atoms with Crippen LogP contribution in [0.25, 0.3) is 0 Å². The molecule has 0 radical (unpaired) electrons. The molecule has 1 aromatic carbocycles. The van der Waals surface area contributed by atoms with Crippen LogP contribution in [0.5, 0.6) is 5.75 Å².